The Kier molecular flexibility index (Phi) is 2.83. The van der Waals surface area contributed by atoms with Crippen LogP contribution < -0.4 is 5.46 Å². The topological polar surface area (TPSA) is 40.5 Å². The molecule has 0 amide bonds. The summed E-state index contributed by atoms with van der Waals surface area (Å²) in [5.74, 6) is 0. The van der Waals surface area contributed by atoms with Gasteiger partial charge in [-0.05, 0) is 46.5 Å². The SMILES string of the molecule is Cc1cccc2sc(I)c(B(O)O)c12. The maximum absolute atomic E-state index is 9.27. The lowest BCUT2D eigenvalue weighted by molar-refractivity contribution is 0.426. The summed E-state index contributed by atoms with van der Waals surface area (Å²) in [5.41, 5.74) is 1.73. The van der Waals surface area contributed by atoms with Crippen LogP contribution in [0.15, 0.2) is 18.2 Å². The van der Waals surface area contributed by atoms with E-state index in [0.717, 1.165) is 18.5 Å². The molecule has 1 aromatic carbocycles. The first kappa shape index (κ1) is 10.4. The molecule has 0 fully saturated rings. The largest absolute Gasteiger partial charge is 0.491 e. The van der Waals surface area contributed by atoms with Crippen molar-refractivity contribution in [3.05, 3.63) is 26.6 Å². The van der Waals surface area contributed by atoms with Crippen molar-refractivity contribution >= 4 is 56.6 Å². The van der Waals surface area contributed by atoms with Crippen LogP contribution in [-0.2, 0) is 0 Å². The van der Waals surface area contributed by atoms with E-state index < -0.39 is 7.12 Å². The van der Waals surface area contributed by atoms with Crippen molar-refractivity contribution < 1.29 is 10.0 Å². The van der Waals surface area contributed by atoms with Crippen LogP contribution in [0.25, 0.3) is 10.1 Å². The molecule has 14 heavy (non-hydrogen) atoms. The van der Waals surface area contributed by atoms with Gasteiger partial charge in [0.25, 0.3) is 0 Å². The van der Waals surface area contributed by atoms with Crippen LogP contribution in [0.3, 0.4) is 0 Å². The summed E-state index contributed by atoms with van der Waals surface area (Å²) in [6.07, 6.45) is 0. The van der Waals surface area contributed by atoms with Gasteiger partial charge in [-0.15, -0.1) is 11.3 Å². The molecule has 0 aliphatic rings. The minimum absolute atomic E-state index is 0.642. The van der Waals surface area contributed by atoms with Crippen molar-refractivity contribution in [2.45, 2.75) is 6.92 Å². The van der Waals surface area contributed by atoms with Gasteiger partial charge in [0.15, 0.2) is 0 Å². The fraction of sp³-hybridized carbons (Fsp3) is 0.111. The molecule has 72 valence electrons. The van der Waals surface area contributed by atoms with Gasteiger partial charge in [0.05, 0.1) is 2.88 Å². The predicted octanol–water partition coefficient (Wildman–Crippen LogP) is 1.49. The average molecular weight is 318 g/mol. The second-order valence-corrected chi connectivity index (χ2v) is 5.97. The highest BCUT2D eigenvalue weighted by Crippen LogP contribution is 2.27. The molecule has 0 saturated carbocycles. The van der Waals surface area contributed by atoms with Gasteiger partial charge in [0, 0.05) is 10.2 Å². The van der Waals surface area contributed by atoms with E-state index >= 15 is 0 Å². The molecule has 2 aromatic rings. The normalized spacial score (nSPS) is 10.9. The molecular weight excluding hydrogens is 310 g/mol. The van der Waals surface area contributed by atoms with Gasteiger partial charge >= 0.3 is 7.12 Å². The molecule has 0 bridgehead atoms. The lowest BCUT2D eigenvalue weighted by Gasteiger charge is -2.00. The first-order chi connectivity index (χ1) is 6.61. The van der Waals surface area contributed by atoms with Gasteiger partial charge in [-0.1, -0.05) is 12.1 Å². The van der Waals surface area contributed by atoms with Gasteiger partial charge < -0.3 is 10.0 Å². The molecule has 0 aliphatic heterocycles. The third kappa shape index (κ3) is 1.58. The van der Waals surface area contributed by atoms with Crippen LogP contribution in [0.2, 0.25) is 0 Å². The highest BCUT2D eigenvalue weighted by molar-refractivity contribution is 14.1. The monoisotopic (exact) mass is 318 g/mol. The van der Waals surface area contributed by atoms with Gasteiger partial charge in [-0.2, -0.15) is 0 Å². The van der Waals surface area contributed by atoms with Crippen molar-refractivity contribution in [1.29, 1.82) is 0 Å². The van der Waals surface area contributed by atoms with E-state index in [-0.39, 0.29) is 0 Å². The Morgan fingerprint density at radius 2 is 2.07 bits per heavy atom. The molecule has 5 heteroatoms. The van der Waals surface area contributed by atoms with Gasteiger partial charge in [0.2, 0.25) is 0 Å². The number of aryl methyl sites for hydroxylation is 1. The third-order valence-corrected chi connectivity index (χ3v) is 4.37. The summed E-state index contributed by atoms with van der Waals surface area (Å²) in [6, 6.07) is 5.97. The van der Waals surface area contributed by atoms with Crippen molar-refractivity contribution in [2.75, 3.05) is 0 Å². The van der Waals surface area contributed by atoms with Gasteiger partial charge in [-0.25, -0.2) is 0 Å². The standard InChI is InChI=1S/C9H8BIO2S/c1-5-3-2-4-6-7(5)8(10(12)13)9(11)14-6/h2-4,12-13H,1H3. The van der Waals surface area contributed by atoms with Crippen LogP contribution in [0, 0.1) is 9.81 Å². The fourth-order valence-electron chi connectivity index (χ4n) is 1.55. The minimum atomic E-state index is -1.38. The first-order valence-electron chi connectivity index (χ1n) is 4.15. The molecule has 0 spiro atoms. The van der Waals surface area contributed by atoms with E-state index in [1.54, 1.807) is 11.3 Å². The quantitative estimate of drug-likeness (QED) is 0.618. The Morgan fingerprint density at radius 3 is 2.71 bits per heavy atom. The number of halogens is 1. The molecule has 0 saturated heterocycles. The first-order valence-corrected chi connectivity index (χ1v) is 6.04. The van der Waals surface area contributed by atoms with Crippen molar-refractivity contribution in [3.63, 3.8) is 0 Å². The summed E-state index contributed by atoms with van der Waals surface area (Å²) in [4.78, 5) is 0. The van der Waals surface area contributed by atoms with Crippen molar-refractivity contribution in [2.24, 2.45) is 0 Å². The summed E-state index contributed by atoms with van der Waals surface area (Å²) in [7, 11) is -1.38. The Balaban J connectivity index is 2.86. The lowest BCUT2D eigenvalue weighted by Crippen LogP contribution is -2.31. The molecule has 1 heterocycles. The zero-order valence-electron chi connectivity index (χ0n) is 7.49. The summed E-state index contributed by atoms with van der Waals surface area (Å²) >= 11 is 3.73. The molecule has 2 N–H and O–H groups in total. The smallest absolute Gasteiger partial charge is 0.423 e. The number of fused-ring (bicyclic) bond motifs is 1. The molecule has 1 aromatic heterocycles. The van der Waals surface area contributed by atoms with Crippen LogP contribution in [0.1, 0.15) is 5.56 Å². The summed E-state index contributed by atoms with van der Waals surface area (Å²) in [5, 5.41) is 19.5. The highest BCUT2D eigenvalue weighted by atomic mass is 127. The number of benzene rings is 1. The van der Waals surface area contributed by atoms with E-state index in [1.807, 2.05) is 25.1 Å². The van der Waals surface area contributed by atoms with E-state index in [0.29, 0.717) is 5.46 Å². The maximum atomic E-state index is 9.27. The van der Waals surface area contributed by atoms with Crippen LogP contribution >= 0.6 is 33.9 Å². The van der Waals surface area contributed by atoms with Crippen LogP contribution in [0.5, 0.6) is 0 Å². The fourth-order valence-corrected chi connectivity index (χ4v) is 3.84. The Bertz CT molecular complexity index is 481. The summed E-state index contributed by atoms with van der Waals surface area (Å²) < 4.78 is 2.06. The second-order valence-electron chi connectivity index (χ2n) is 3.11. The number of hydrogen-bond acceptors (Lipinski definition) is 3. The van der Waals surface area contributed by atoms with E-state index in [4.69, 9.17) is 0 Å². The van der Waals surface area contributed by atoms with Crippen molar-refractivity contribution in [1.82, 2.24) is 0 Å². The zero-order valence-corrected chi connectivity index (χ0v) is 10.5. The Labute approximate surface area is 99.9 Å². The minimum Gasteiger partial charge on any atom is -0.423 e. The number of rotatable bonds is 1. The highest BCUT2D eigenvalue weighted by Gasteiger charge is 2.21. The van der Waals surface area contributed by atoms with E-state index in [9.17, 15) is 10.0 Å². The van der Waals surface area contributed by atoms with Crippen molar-refractivity contribution in [3.8, 4) is 0 Å². The molecule has 0 atom stereocenters. The molecule has 0 aliphatic carbocycles. The second kappa shape index (κ2) is 3.81. The third-order valence-electron chi connectivity index (χ3n) is 2.17. The zero-order chi connectivity index (χ0) is 10.3. The summed E-state index contributed by atoms with van der Waals surface area (Å²) in [6.45, 7) is 1.98. The maximum Gasteiger partial charge on any atom is 0.491 e. The average Bonchev–Trinajstić information content (AvgIpc) is 2.42. The predicted molar refractivity (Wildman–Crippen MR) is 69.1 cm³/mol. The molecule has 0 radical (unpaired) electrons. The molecular formula is C9H8BIO2S. The van der Waals surface area contributed by atoms with Crippen LogP contribution in [0.4, 0.5) is 0 Å². The Morgan fingerprint density at radius 1 is 1.36 bits per heavy atom. The number of hydrogen-bond donors (Lipinski definition) is 2. The van der Waals surface area contributed by atoms with Gasteiger partial charge in [0.1, 0.15) is 0 Å². The lowest BCUT2D eigenvalue weighted by atomic mass is 9.79. The van der Waals surface area contributed by atoms with Crippen LogP contribution in [-0.4, -0.2) is 17.2 Å². The van der Waals surface area contributed by atoms with E-state index in [1.165, 1.54) is 0 Å². The number of thiophene rings is 1. The Hall–Kier alpha value is -0.105. The van der Waals surface area contributed by atoms with E-state index in [2.05, 4.69) is 22.6 Å². The van der Waals surface area contributed by atoms with Gasteiger partial charge in [-0.3, -0.25) is 0 Å². The molecule has 0 unspecified atom stereocenters. The molecule has 2 nitrogen and oxygen atoms in total. The molecule has 2 rings (SSSR count).